The normalized spacial score (nSPS) is 20.6. The Kier molecular flexibility index (Phi) is 9.82. The minimum Gasteiger partial charge on any atom is -0.489 e. The van der Waals surface area contributed by atoms with Gasteiger partial charge in [-0.05, 0) is 44.0 Å². The quantitative estimate of drug-likeness (QED) is 0.286. The van der Waals surface area contributed by atoms with Crippen LogP contribution in [0.4, 0.5) is 4.39 Å². The van der Waals surface area contributed by atoms with E-state index in [0.29, 0.717) is 18.8 Å². The third-order valence-corrected chi connectivity index (χ3v) is 4.40. The standard InChI is InChI=1S/C19H28FN3O3.HI/c1-5-21-19(23-11-13(2)17(12-23)18(24)25-4)22-10-14(3)26-16-8-6-15(20)7-9-16;/h6-9,13-14,17H,5,10-12H2,1-4H3,(H,21,22);1H. The van der Waals surface area contributed by atoms with Crippen molar-refractivity contribution in [2.75, 3.05) is 33.3 Å². The van der Waals surface area contributed by atoms with Crippen LogP contribution in [0.2, 0.25) is 0 Å². The van der Waals surface area contributed by atoms with Gasteiger partial charge in [-0.15, -0.1) is 24.0 Å². The van der Waals surface area contributed by atoms with E-state index in [2.05, 4.69) is 15.2 Å². The second-order valence-electron chi connectivity index (χ2n) is 6.59. The van der Waals surface area contributed by atoms with Crippen molar-refractivity contribution in [3.05, 3.63) is 30.1 Å². The molecular weight excluding hydrogens is 464 g/mol. The van der Waals surface area contributed by atoms with Crippen LogP contribution in [0.3, 0.4) is 0 Å². The minimum absolute atomic E-state index is 0. The zero-order valence-corrected chi connectivity index (χ0v) is 18.6. The van der Waals surface area contributed by atoms with E-state index in [0.717, 1.165) is 19.0 Å². The van der Waals surface area contributed by atoms with Gasteiger partial charge in [0.25, 0.3) is 0 Å². The molecule has 0 aliphatic carbocycles. The van der Waals surface area contributed by atoms with Crippen molar-refractivity contribution in [2.24, 2.45) is 16.8 Å². The van der Waals surface area contributed by atoms with E-state index in [1.165, 1.54) is 19.2 Å². The summed E-state index contributed by atoms with van der Waals surface area (Å²) in [4.78, 5) is 18.6. The zero-order chi connectivity index (χ0) is 19.1. The highest BCUT2D eigenvalue weighted by atomic mass is 127. The van der Waals surface area contributed by atoms with E-state index in [9.17, 15) is 9.18 Å². The van der Waals surface area contributed by atoms with Gasteiger partial charge < -0.3 is 19.7 Å². The van der Waals surface area contributed by atoms with Crippen LogP contribution in [0.1, 0.15) is 20.8 Å². The first kappa shape index (κ1) is 23.5. The monoisotopic (exact) mass is 493 g/mol. The number of guanidine groups is 1. The van der Waals surface area contributed by atoms with Gasteiger partial charge in [0.2, 0.25) is 0 Å². The van der Waals surface area contributed by atoms with E-state index < -0.39 is 0 Å². The summed E-state index contributed by atoms with van der Waals surface area (Å²) in [7, 11) is 1.42. The fourth-order valence-corrected chi connectivity index (χ4v) is 3.02. The molecule has 3 atom stereocenters. The molecule has 0 bridgehead atoms. The first-order valence-electron chi connectivity index (χ1n) is 8.97. The number of aliphatic imine (C=N–C) groups is 1. The van der Waals surface area contributed by atoms with Gasteiger partial charge in [-0.25, -0.2) is 9.38 Å². The van der Waals surface area contributed by atoms with Crippen LogP contribution in [-0.4, -0.2) is 56.2 Å². The van der Waals surface area contributed by atoms with Crippen molar-refractivity contribution in [1.29, 1.82) is 0 Å². The lowest BCUT2D eigenvalue weighted by Crippen LogP contribution is -2.41. The predicted molar refractivity (Wildman–Crippen MR) is 114 cm³/mol. The predicted octanol–water partition coefficient (Wildman–Crippen LogP) is 2.92. The number of likely N-dealkylation sites (tertiary alicyclic amines) is 1. The fraction of sp³-hybridized carbons (Fsp3) is 0.579. The molecule has 1 aromatic rings. The SMILES string of the molecule is CCNC(=NCC(C)Oc1ccc(F)cc1)N1CC(C)C(C(=O)OC)C1.I. The summed E-state index contributed by atoms with van der Waals surface area (Å²) in [6, 6.07) is 5.94. The highest BCUT2D eigenvalue weighted by Crippen LogP contribution is 2.24. The van der Waals surface area contributed by atoms with E-state index >= 15 is 0 Å². The Labute approximate surface area is 177 Å². The van der Waals surface area contributed by atoms with Crippen molar-refractivity contribution >= 4 is 35.9 Å². The van der Waals surface area contributed by atoms with Crippen molar-refractivity contribution in [1.82, 2.24) is 10.2 Å². The summed E-state index contributed by atoms with van der Waals surface area (Å²) in [5, 5.41) is 3.27. The van der Waals surface area contributed by atoms with E-state index in [1.807, 2.05) is 20.8 Å². The Morgan fingerprint density at radius 3 is 2.63 bits per heavy atom. The molecule has 0 saturated carbocycles. The average Bonchev–Trinajstić information content (AvgIpc) is 3.01. The Morgan fingerprint density at radius 2 is 2.04 bits per heavy atom. The Hall–Kier alpha value is -1.58. The second kappa shape index (κ2) is 11.3. The molecule has 0 spiro atoms. The van der Waals surface area contributed by atoms with E-state index in [1.54, 1.807) is 12.1 Å². The highest BCUT2D eigenvalue weighted by Gasteiger charge is 2.36. The summed E-state index contributed by atoms with van der Waals surface area (Å²) in [5.74, 6) is 0.973. The fourth-order valence-electron chi connectivity index (χ4n) is 3.02. The third kappa shape index (κ3) is 6.82. The molecule has 1 aromatic carbocycles. The molecule has 152 valence electrons. The molecule has 3 unspecified atom stereocenters. The number of esters is 1. The maximum atomic E-state index is 13.0. The lowest BCUT2D eigenvalue weighted by Gasteiger charge is -2.22. The number of benzene rings is 1. The number of halogens is 2. The van der Waals surface area contributed by atoms with E-state index in [-0.39, 0.29) is 53.7 Å². The Bertz CT molecular complexity index is 627. The lowest BCUT2D eigenvalue weighted by molar-refractivity contribution is -0.145. The van der Waals surface area contributed by atoms with Gasteiger partial charge in [0.1, 0.15) is 17.7 Å². The van der Waals surface area contributed by atoms with Crippen molar-refractivity contribution < 1.29 is 18.7 Å². The Balaban J connectivity index is 0.00000364. The van der Waals surface area contributed by atoms with Crippen LogP contribution in [0, 0.1) is 17.7 Å². The molecule has 0 aromatic heterocycles. The first-order valence-corrected chi connectivity index (χ1v) is 8.97. The van der Waals surface area contributed by atoms with Crippen LogP contribution in [0.5, 0.6) is 5.75 Å². The summed E-state index contributed by atoms with van der Waals surface area (Å²) in [5.41, 5.74) is 0. The summed E-state index contributed by atoms with van der Waals surface area (Å²) in [6.45, 7) is 8.50. The maximum Gasteiger partial charge on any atom is 0.310 e. The first-order chi connectivity index (χ1) is 12.4. The number of nitrogens with one attached hydrogen (secondary N) is 1. The number of nitrogens with zero attached hydrogens (tertiary/aromatic N) is 2. The van der Waals surface area contributed by atoms with Crippen LogP contribution < -0.4 is 10.1 Å². The number of methoxy groups -OCH3 is 1. The molecule has 1 aliphatic rings. The van der Waals surface area contributed by atoms with Gasteiger partial charge in [-0.2, -0.15) is 0 Å². The molecule has 1 heterocycles. The van der Waals surface area contributed by atoms with Crippen molar-refractivity contribution in [2.45, 2.75) is 26.9 Å². The topological polar surface area (TPSA) is 63.2 Å². The van der Waals surface area contributed by atoms with Gasteiger partial charge in [-0.1, -0.05) is 6.92 Å². The Morgan fingerprint density at radius 1 is 1.37 bits per heavy atom. The summed E-state index contributed by atoms with van der Waals surface area (Å²) in [6.07, 6.45) is -0.162. The van der Waals surface area contributed by atoms with Gasteiger partial charge in [0.05, 0.1) is 19.6 Å². The van der Waals surface area contributed by atoms with Crippen molar-refractivity contribution in [3.8, 4) is 5.75 Å². The van der Waals surface area contributed by atoms with Crippen LogP contribution in [0.15, 0.2) is 29.3 Å². The number of hydrogen-bond donors (Lipinski definition) is 1. The van der Waals surface area contributed by atoms with Crippen LogP contribution in [-0.2, 0) is 9.53 Å². The lowest BCUT2D eigenvalue weighted by atomic mass is 9.99. The molecule has 2 rings (SSSR count). The summed E-state index contributed by atoms with van der Waals surface area (Å²) >= 11 is 0. The molecule has 6 nitrogen and oxygen atoms in total. The van der Waals surface area contributed by atoms with Gasteiger partial charge >= 0.3 is 5.97 Å². The van der Waals surface area contributed by atoms with Gasteiger partial charge in [0.15, 0.2) is 5.96 Å². The number of ether oxygens (including phenoxy) is 2. The van der Waals surface area contributed by atoms with Crippen LogP contribution in [0.25, 0.3) is 0 Å². The number of rotatable bonds is 6. The molecule has 0 radical (unpaired) electrons. The summed E-state index contributed by atoms with van der Waals surface area (Å²) < 4.78 is 23.6. The molecule has 1 saturated heterocycles. The molecular formula is C19H29FIN3O3. The minimum atomic E-state index is -0.291. The van der Waals surface area contributed by atoms with Gasteiger partial charge in [-0.3, -0.25) is 4.79 Å². The largest absolute Gasteiger partial charge is 0.489 e. The molecule has 1 fully saturated rings. The number of carbonyl (C=O) groups is 1. The van der Waals surface area contributed by atoms with Crippen molar-refractivity contribution in [3.63, 3.8) is 0 Å². The second-order valence-corrected chi connectivity index (χ2v) is 6.59. The maximum absolute atomic E-state index is 13.0. The smallest absolute Gasteiger partial charge is 0.310 e. The molecule has 0 amide bonds. The van der Waals surface area contributed by atoms with Crippen LogP contribution >= 0.6 is 24.0 Å². The van der Waals surface area contributed by atoms with Gasteiger partial charge in [0, 0.05) is 19.6 Å². The molecule has 1 aliphatic heterocycles. The third-order valence-electron chi connectivity index (χ3n) is 4.40. The molecule has 8 heteroatoms. The highest BCUT2D eigenvalue weighted by molar-refractivity contribution is 14.0. The number of hydrogen-bond acceptors (Lipinski definition) is 4. The zero-order valence-electron chi connectivity index (χ0n) is 16.3. The molecule has 1 N–H and O–H groups in total. The van der Waals surface area contributed by atoms with E-state index in [4.69, 9.17) is 9.47 Å². The molecule has 27 heavy (non-hydrogen) atoms. The average molecular weight is 493 g/mol. The number of carbonyl (C=O) groups excluding carboxylic acids is 1.